The lowest BCUT2D eigenvalue weighted by atomic mass is 10.0. The van der Waals surface area contributed by atoms with Gasteiger partial charge >= 0.3 is 5.97 Å². The fourth-order valence-electron chi connectivity index (χ4n) is 4.59. The van der Waals surface area contributed by atoms with E-state index in [-0.39, 0.29) is 6.42 Å². The third-order valence-corrected chi connectivity index (χ3v) is 6.27. The molecule has 0 saturated carbocycles. The van der Waals surface area contributed by atoms with Crippen molar-refractivity contribution in [3.8, 4) is 0 Å². The van der Waals surface area contributed by atoms with Gasteiger partial charge in [-0.1, -0.05) is 36.4 Å². The molecule has 3 atom stereocenters. The molecule has 0 bridgehead atoms. The summed E-state index contributed by atoms with van der Waals surface area (Å²) in [5, 5.41) is 14.1. The number of aliphatic carboxylic acids is 1. The number of hydrogen-bond acceptors (Lipinski definition) is 5. The molecule has 2 aromatic carbocycles. The highest BCUT2D eigenvalue weighted by atomic mass is 19.1. The van der Waals surface area contributed by atoms with Crippen molar-refractivity contribution in [1.82, 2.24) is 10.6 Å². The summed E-state index contributed by atoms with van der Waals surface area (Å²) in [6.45, 7) is -1.43. The highest BCUT2D eigenvalue weighted by molar-refractivity contribution is 6.09. The number of benzene rings is 2. The minimum absolute atomic E-state index is 0.143. The monoisotopic (exact) mass is 481 g/mol. The Morgan fingerprint density at radius 3 is 2.46 bits per heavy atom. The zero-order chi connectivity index (χ0) is 25.1. The summed E-state index contributed by atoms with van der Waals surface area (Å²) in [4.78, 5) is 63.8. The first-order valence-corrected chi connectivity index (χ1v) is 11.2. The molecule has 1 unspecified atom stereocenters. The Balaban J connectivity index is 1.61. The molecule has 3 amide bonds. The second kappa shape index (κ2) is 10.0. The summed E-state index contributed by atoms with van der Waals surface area (Å²) >= 11 is 0. The summed E-state index contributed by atoms with van der Waals surface area (Å²) in [5.74, 6) is -4.10. The number of nitrogens with zero attached hydrogens (tertiary/aromatic N) is 1. The molecule has 3 N–H and O–H groups in total. The van der Waals surface area contributed by atoms with E-state index in [0.29, 0.717) is 24.1 Å². The molecule has 2 heterocycles. The number of aryl methyl sites for hydroxylation is 1. The summed E-state index contributed by atoms with van der Waals surface area (Å²) in [6.07, 6.45) is 0.176. The van der Waals surface area contributed by atoms with Crippen LogP contribution in [0.3, 0.4) is 0 Å². The van der Waals surface area contributed by atoms with Crippen LogP contribution in [-0.4, -0.2) is 59.4 Å². The van der Waals surface area contributed by atoms with Gasteiger partial charge in [0.2, 0.25) is 11.8 Å². The van der Waals surface area contributed by atoms with E-state index in [4.69, 9.17) is 5.11 Å². The molecule has 0 spiro atoms. The van der Waals surface area contributed by atoms with Gasteiger partial charge in [0.25, 0.3) is 5.91 Å². The first kappa shape index (κ1) is 24.1. The average molecular weight is 481 g/mol. The van der Waals surface area contributed by atoms with Crippen molar-refractivity contribution in [1.29, 1.82) is 0 Å². The second-order valence-corrected chi connectivity index (χ2v) is 8.54. The topological polar surface area (TPSA) is 133 Å². The van der Waals surface area contributed by atoms with Crippen LogP contribution in [-0.2, 0) is 32.0 Å². The highest BCUT2D eigenvalue weighted by Gasteiger charge is 2.44. The Hall–Kier alpha value is -4.08. The lowest BCUT2D eigenvalue weighted by molar-refractivity contribution is -0.140. The fraction of sp³-hybridized carbons (Fsp3) is 0.320. The maximum Gasteiger partial charge on any atom is 0.305 e. The molecule has 0 aliphatic carbocycles. The van der Waals surface area contributed by atoms with Crippen molar-refractivity contribution in [3.63, 3.8) is 0 Å². The zero-order valence-corrected chi connectivity index (χ0v) is 18.7. The van der Waals surface area contributed by atoms with Gasteiger partial charge in [0.1, 0.15) is 24.8 Å². The molecule has 2 aliphatic heterocycles. The van der Waals surface area contributed by atoms with Gasteiger partial charge in [0.15, 0.2) is 5.78 Å². The van der Waals surface area contributed by atoms with Crippen molar-refractivity contribution in [2.24, 2.45) is 0 Å². The number of amides is 3. The van der Waals surface area contributed by atoms with Gasteiger partial charge in [0, 0.05) is 12.0 Å². The Bertz CT molecular complexity index is 1180. The Labute approximate surface area is 200 Å². The minimum atomic E-state index is -1.55. The number of para-hydroxylation sites is 1. The van der Waals surface area contributed by atoms with E-state index in [2.05, 4.69) is 10.6 Å². The Morgan fingerprint density at radius 1 is 1.06 bits per heavy atom. The third-order valence-electron chi connectivity index (χ3n) is 6.27. The quantitative estimate of drug-likeness (QED) is 0.519. The number of Topliss-reactive ketones (excluding diaryl/α,β-unsaturated/α-hetero) is 1. The van der Waals surface area contributed by atoms with Gasteiger partial charge in [-0.25, -0.2) is 4.39 Å². The van der Waals surface area contributed by atoms with Gasteiger partial charge in [0.05, 0.1) is 12.1 Å². The van der Waals surface area contributed by atoms with Gasteiger partial charge in [-0.05, 0) is 36.1 Å². The number of anilines is 1. The van der Waals surface area contributed by atoms with E-state index in [1.54, 1.807) is 36.4 Å². The van der Waals surface area contributed by atoms with E-state index in [0.717, 1.165) is 11.1 Å². The van der Waals surface area contributed by atoms with Crippen LogP contribution in [0.1, 0.15) is 34.3 Å². The fourth-order valence-corrected chi connectivity index (χ4v) is 4.59. The van der Waals surface area contributed by atoms with Crippen LogP contribution in [0.25, 0.3) is 0 Å². The summed E-state index contributed by atoms with van der Waals surface area (Å²) in [6, 6.07) is 10.4. The van der Waals surface area contributed by atoms with Crippen molar-refractivity contribution >= 4 is 35.2 Å². The number of carboxylic acid groups (broad SMARTS) is 1. The summed E-state index contributed by atoms with van der Waals surface area (Å²) < 4.78 is 13.0. The first-order valence-electron chi connectivity index (χ1n) is 11.2. The number of rotatable bonds is 8. The minimum Gasteiger partial charge on any atom is -0.481 e. The number of hydrogen-bond donors (Lipinski definition) is 3. The van der Waals surface area contributed by atoms with Crippen LogP contribution in [0.5, 0.6) is 0 Å². The van der Waals surface area contributed by atoms with Gasteiger partial charge in [-0.3, -0.25) is 28.9 Å². The number of nitrogens with one attached hydrogen (secondary N) is 2. The predicted octanol–water partition coefficient (Wildman–Crippen LogP) is 1.19. The van der Waals surface area contributed by atoms with E-state index < -0.39 is 60.7 Å². The molecule has 182 valence electrons. The molecule has 9 nitrogen and oxygen atoms in total. The normalized spacial score (nSPS) is 19.3. The van der Waals surface area contributed by atoms with Crippen LogP contribution in [0.2, 0.25) is 0 Å². The van der Waals surface area contributed by atoms with E-state index in [1.165, 1.54) is 4.90 Å². The van der Waals surface area contributed by atoms with E-state index >= 15 is 0 Å². The zero-order valence-electron chi connectivity index (χ0n) is 18.7. The lowest BCUT2D eigenvalue weighted by Gasteiger charge is -2.28. The molecule has 0 radical (unpaired) electrons. The number of carbonyl (C=O) groups is 5. The molecule has 0 fully saturated rings. The SMILES string of the molecule is O=C(O)CC(NC(=O)[C@@H]1Cc2cccc3c2N1C(=O)[C@@H](NC(=O)c1ccccc1)CC3)C(=O)CF. The number of ketones is 1. The van der Waals surface area contributed by atoms with E-state index in [9.17, 15) is 28.4 Å². The third kappa shape index (κ3) is 4.91. The second-order valence-electron chi connectivity index (χ2n) is 8.54. The molecule has 35 heavy (non-hydrogen) atoms. The standard InChI is InChI=1S/C25H24FN3O6/c26-13-20(30)18(12-21(31)32)28-24(34)19-11-16-8-4-7-14-9-10-17(25(35)29(19)22(14)16)27-23(33)15-5-2-1-3-6-15/h1-8,17-19H,9-13H2,(H,27,33)(H,28,34)(H,31,32)/t17-,18?,19-/m0/s1. The van der Waals surface area contributed by atoms with Crippen LogP contribution < -0.4 is 15.5 Å². The lowest BCUT2D eigenvalue weighted by Crippen LogP contribution is -2.56. The van der Waals surface area contributed by atoms with Crippen LogP contribution in [0.15, 0.2) is 48.5 Å². The molecule has 10 heteroatoms. The van der Waals surface area contributed by atoms with Gasteiger partial charge < -0.3 is 15.7 Å². The van der Waals surface area contributed by atoms with Crippen molar-refractivity contribution in [3.05, 3.63) is 65.2 Å². The molecule has 0 saturated heterocycles. The van der Waals surface area contributed by atoms with Crippen LogP contribution in [0, 0.1) is 0 Å². The summed E-state index contributed by atoms with van der Waals surface area (Å²) in [5.41, 5.74) is 2.56. The largest absolute Gasteiger partial charge is 0.481 e. The molecular formula is C25H24FN3O6. The molecule has 4 rings (SSSR count). The molecule has 2 aliphatic rings. The first-order chi connectivity index (χ1) is 16.8. The number of halogens is 1. The Morgan fingerprint density at radius 2 is 1.77 bits per heavy atom. The average Bonchev–Trinajstić information content (AvgIpc) is 3.19. The van der Waals surface area contributed by atoms with E-state index in [1.807, 2.05) is 12.1 Å². The van der Waals surface area contributed by atoms with Crippen molar-refractivity contribution in [2.45, 2.75) is 43.8 Å². The number of alkyl halides is 1. The number of carbonyl (C=O) groups excluding carboxylic acids is 4. The van der Waals surface area contributed by atoms with Gasteiger partial charge in [-0.2, -0.15) is 0 Å². The molecule has 0 aromatic heterocycles. The maximum atomic E-state index is 13.6. The number of carboxylic acids is 1. The maximum absolute atomic E-state index is 13.6. The molecular weight excluding hydrogens is 457 g/mol. The highest BCUT2D eigenvalue weighted by Crippen LogP contribution is 2.39. The van der Waals surface area contributed by atoms with Crippen LogP contribution in [0.4, 0.5) is 10.1 Å². The predicted molar refractivity (Wildman–Crippen MR) is 123 cm³/mol. The molecule has 2 aromatic rings. The smallest absolute Gasteiger partial charge is 0.305 e. The van der Waals surface area contributed by atoms with Gasteiger partial charge in [-0.15, -0.1) is 0 Å². The van der Waals surface area contributed by atoms with Crippen LogP contribution >= 0.6 is 0 Å². The van der Waals surface area contributed by atoms with Crippen molar-refractivity contribution in [2.75, 3.05) is 11.6 Å². The summed E-state index contributed by atoms with van der Waals surface area (Å²) in [7, 11) is 0. The Kier molecular flexibility index (Phi) is 6.90. The van der Waals surface area contributed by atoms with Crippen molar-refractivity contribution < 1.29 is 33.5 Å².